The fraction of sp³-hybridized carbons (Fsp3) is 0.333. The summed E-state index contributed by atoms with van der Waals surface area (Å²) in [6.07, 6.45) is 1.52. The van der Waals surface area contributed by atoms with Crippen LogP contribution in [0.4, 0.5) is 5.69 Å². The van der Waals surface area contributed by atoms with Crippen LogP contribution in [0.25, 0.3) is 11.4 Å². The van der Waals surface area contributed by atoms with Crippen LogP contribution < -0.4 is 4.90 Å². The average Bonchev–Trinajstić information content (AvgIpc) is 2.85. The van der Waals surface area contributed by atoms with E-state index in [2.05, 4.69) is 58.2 Å². The molecule has 0 amide bonds. The van der Waals surface area contributed by atoms with Crippen molar-refractivity contribution in [2.75, 3.05) is 18.0 Å². The van der Waals surface area contributed by atoms with Crippen molar-refractivity contribution in [3.8, 4) is 11.4 Å². The highest BCUT2D eigenvalue weighted by atomic mass is 15.2. The highest BCUT2D eigenvalue weighted by Crippen LogP contribution is 2.19. The Hall–Kier alpha value is -1.84. The number of anilines is 1. The second-order valence-corrected chi connectivity index (χ2v) is 3.55. The van der Waals surface area contributed by atoms with Crippen LogP contribution in [-0.4, -0.2) is 28.3 Å². The molecule has 1 N–H and O–H groups in total. The number of H-pyrrole nitrogens is 1. The van der Waals surface area contributed by atoms with Crippen LogP contribution in [0.2, 0.25) is 0 Å². The lowest BCUT2D eigenvalue weighted by atomic mass is 10.2. The van der Waals surface area contributed by atoms with E-state index in [9.17, 15) is 0 Å². The predicted octanol–water partition coefficient (Wildman–Crippen LogP) is 2.32. The van der Waals surface area contributed by atoms with Crippen molar-refractivity contribution in [3.05, 3.63) is 30.6 Å². The van der Waals surface area contributed by atoms with Crippen LogP contribution in [0.15, 0.2) is 30.6 Å². The minimum Gasteiger partial charge on any atom is -0.372 e. The van der Waals surface area contributed by atoms with E-state index in [4.69, 9.17) is 0 Å². The van der Waals surface area contributed by atoms with Gasteiger partial charge in [0.15, 0.2) is 5.82 Å². The first-order valence-corrected chi connectivity index (χ1v) is 5.56. The van der Waals surface area contributed by atoms with Crippen LogP contribution in [0.1, 0.15) is 13.8 Å². The van der Waals surface area contributed by atoms with E-state index in [1.807, 2.05) is 0 Å². The van der Waals surface area contributed by atoms with Gasteiger partial charge in [-0.3, -0.25) is 5.10 Å². The highest BCUT2D eigenvalue weighted by Gasteiger charge is 2.03. The molecule has 0 atom stereocenters. The zero-order valence-corrected chi connectivity index (χ0v) is 9.64. The van der Waals surface area contributed by atoms with Gasteiger partial charge in [0.1, 0.15) is 6.33 Å². The molecule has 4 nitrogen and oxygen atoms in total. The largest absolute Gasteiger partial charge is 0.372 e. The Balaban J connectivity index is 2.22. The van der Waals surface area contributed by atoms with E-state index in [1.165, 1.54) is 12.0 Å². The molecule has 0 aliphatic carbocycles. The fourth-order valence-corrected chi connectivity index (χ4v) is 1.76. The molecule has 1 aromatic carbocycles. The molecular weight excluding hydrogens is 200 g/mol. The van der Waals surface area contributed by atoms with Crippen molar-refractivity contribution < 1.29 is 0 Å². The first-order valence-electron chi connectivity index (χ1n) is 5.56. The molecule has 0 fully saturated rings. The second-order valence-electron chi connectivity index (χ2n) is 3.55. The Morgan fingerprint density at radius 3 is 2.31 bits per heavy atom. The number of hydrogen-bond acceptors (Lipinski definition) is 3. The van der Waals surface area contributed by atoms with Crippen molar-refractivity contribution in [1.29, 1.82) is 0 Å². The third-order valence-corrected chi connectivity index (χ3v) is 2.68. The summed E-state index contributed by atoms with van der Waals surface area (Å²) in [5.74, 6) is 0.811. The molecule has 84 valence electrons. The Morgan fingerprint density at radius 1 is 1.12 bits per heavy atom. The maximum Gasteiger partial charge on any atom is 0.155 e. The first kappa shape index (κ1) is 10.7. The molecule has 0 spiro atoms. The summed E-state index contributed by atoms with van der Waals surface area (Å²) in [7, 11) is 0. The third kappa shape index (κ3) is 2.05. The van der Waals surface area contributed by atoms with Crippen LogP contribution in [0.5, 0.6) is 0 Å². The molecule has 1 aromatic heterocycles. The fourth-order valence-electron chi connectivity index (χ4n) is 1.76. The molecule has 16 heavy (non-hydrogen) atoms. The molecule has 0 saturated carbocycles. The van der Waals surface area contributed by atoms with Gasteiger partial charge in [-0.15, -0.1) is 0 Å². The minimum atomic E-state index is 0.811. The number of rotatable bonds is 4. The van der Waals surface area contributed by atoms with E-state index in [-0.39, 0.29) is 0 Å². The van der Waals surface area contributed by atoms with Crippen LogP contribution in [0.3, 0.4) is 0 Å². The third-order valence-electron chi connectivity index (χ3n) is 2.68. The van der Waals surface area contributed by atoms with Gasteiger partial charge in [-0.05, 0) is 38.1 Å². The van der Waals surface area contributed by atoms with Gasteiger partial charge in [0.2, 0.25) is 0 Å². The molecule has 0 aliphatic heterocycles. The van der Waals surface area contributed by atoms with Crippen LogP contribution in [-0.2, 0) is 0 Å². The van der Waals surface area contributed by atoms with Gasteiger partial charge in [0.05, 0.1) is 0 Å². The minimum absolute atomic E-state index is 0.811. The molecule has 0 unspecified atom stereocenters. The summed E-state index contributed by atoms with van der Waals surface area (Å²) in [6.45, 7) is 6.37. The molecule has 2 rings (SSSR count). The lowest BCUT2D eigenvalue weighted by Gasteiger charge is -2.20. The van der Waals surface area contributed by atoms with E-state index in [0.29, 0.717) is 0 Å². The summed E-state index contributed by atoms with van der Waals surface area (Å²) >= 11 is 0. The smallest absolute Gasteiger partial charge is 0.155 e. The molecule has 2 aromatic rings. The van der Waals surface area contributed by atoms with Crippen molar-refractivity contribution in [2.24, 2.45) is 0 Å². The number of nitrogens with one attached hydrogen (secondary N) is 1. The average molecular weight is 216 g/mol. The van der Waals surface area contributed by atoms with Gasteiger partial charge in [0, 0.05) is 24.3 Å². The van der Waals surface area contributed by atoms with Crippen molar-refractivity contribution in [1.82, 2.24) is 15.2 Å². The monoisotopic (exact) mass is 216 g/mol. The Labute approximate surface area is 95.3 Å². The molecular formula is C12H16N4. The normalized spacial score (nSPS) is 10.4. The van der Waals surface area contributed by atoms with Crippen LogP contribution >= 0.6 is 0 Å². The van der Waals surface area contributed by atoms with Crippen molar-refractivity contribution in [2.45, 2.75) is 13.8 Å². The van der Waals surface area contributed by atoms with Gasteiger partial charge < -0.3 is 4.90 Å². The summed E-state index contributed by atoms with van der Waals surface area (Å²) < 4.78 is 0. The Bertz CT molecular complexity index is 415. The quantitative estimate of drug-likeness (QED) is 0.853. The van der Waals surface area contributed by atoms with E-state index in [0.717, 1.165) is 24.5 Å². The predicted molar refractivity (Wildman–Crippen MR) is 65.4 cm³/mol. The maximum atomic E-state index is 4.12. The topological polar surface area (TPSA) is 44.8 Å². The number of aromatic nitrogens is 3. The maximum absolute atomic E-state index is 4.12. The zero-order valence-electron chi connectivity index (χ0n) is 9.64. The van der Waals surface area contributed by atoms with Gasteiger partial charge in [-0.25, -0.2) is 4.98 Å². The number of hydrogen-bond donors (Lipinski definition) is 1. The standard InChI is InChI=1S/C12H16N4/c1-3-16(4-2)11-7-5-10(6-8-11)12-13-9-14-15-12/h5-9H,3-4H2,1-2H3,(H,13,14,15). The van der Waals surface area contributed by atoms with Gasteiger partial charge in [0.25, 0.3) is 0 Å². The lowest BCUT2D eigenvalue weighted by molar-refractivity contribution is 0.866. The van der Waals surface area contributed by atoms with Gasteiger partial charge in [-0.2, -0.15) is 5.10 Å². The summed E-state index contributed by atoms with van der Waals surface area (Å²) in [5.41, 5.74) is 2.31. The van der Waals surface area contributed by atoms with Gasteiger partial charge in [-0.1, -0.05) is 0 Å². The van der Waals surface area contributed by atoms with Crippen molar-refractivity contribution >= 4 is 5.69 Å². The summed E-state index contributed by atoms with van der Waals surface area (Å²) in [5, 5.41) is 6.70. The molecule has 0 bridgehead atoms. The Kier molecular flexibility index (Phi) is 3.19. The second kappa shape index (κ2) is 4.79. The van der Waals surface area contributed by atoms with E-state index >= 15 is 0 Å². The molecule has 0 saturated heterocycles. The van der Waals surface area contributed by atoms with E-state index < -0.39 is 0 Å². The number of aromatic amines is 1. The van der Waals surface area contributed by atoms with Gasteiger partial charge >= 0.3 is 0 Å². The summed E-state index contributed by atoms with van der Waals surface area (Å²) in [6, 6.07) is 8.36. The van der Waals surface area contributed by atoms with E-state index in [1.54, 1.807) is 0 Å². The molecule has 1 heterocycles. The Morgan fingerprint density at radius 2 is 1.81 bits per heavy atom. The highest BCUT2D eigenvalue weighted by molar-refractivity contribution is 5.59. The number of nitrogens with zero attached hydrogens (tertiary/aromatic N) is 3. The first-order chi connectivity index (χ1) is 7.85. The number of benzene rings is 1. The molecule has 4 heteroatoms. The summed E-state index contributed by atoms with van der Waals surface area (Å²) in [4.78, 5) is 6.43. The zero-order chi connectivity index (χ0) is 11.4. The molecule has 0 aliphatic rings. The van der Waals surface area contributed by atoms with Crippen molar-refractivity contribution in [3.63, 3.8) is 0 Å². The molecule has 0 radical (unpaired) electrons. The van der Waals surface area contributed by atoms with Crippen LogP contribution in [0, 0.1) is 0 Å². The SMILES string of the molecule is CCN(CC)c1ccc(-c2ncn[nH]2)cc1. The lowest BCUT2D eigenvalue weighted by Crippen LogP contribution is -2.21.